The highest BCUT2D eigenvalue weighted by molar-refractivity contribution is 7.13. The molecule has 1 N–H and O–H groups in total. The summed E-state index contributed by atoms with van der Waals surface area (Å²) < 4.78 is 10.6. The van der Waals surface area contributed by atoms with Crippen LogP contribution in [0.4, 0.5) is 0 Å². The largest absolute Gasteiger partial charge is 0.459 e. The maximum absolute atomic E-state index is 12.5. The number of H-pyrrole nitrogens is 1. The molecule has 0 bridgehead atoms. The Kier molecular flexibility index (Phi) is 5.89. The Morgan fingerprint density at radius 3 is 2.68 bits per heavy atom. The predicted molar refractivity (Wildman–Crippen MR) is 105 cm³/mol. The molecule has 28 heavy (non-hydrogen) atoms. The van der Waals surface area contributed by atoms with Crippen molar-refractivity contribution in [1.29, 1.82) is 0 Å². The van der Waals surface area contributed by atoms with Gasteiger partial charge in [0.15, 0.2) is 0 Å². The summed E-state index contributed by atoms with van der Waals surface area (Å²) in [4.78, 5) is 36.4. The average Bonchev–Trinajstić information content (AvgIpc) is 3.24. The number of esters is 2. The van der Waals surface area contributed by atoms with E-state index in [0.29, 0.717) is 22.5 Å². The lowest BCUT2D eigenvalue weighted by molar-refractivity contribution is 0.0376. The van der Waals surface area contributed by atoms with Crippen LogP contribution in [0.1, 0.15) is 51.6 Å². The lowest BCUT2D eigenvalue weighted by Crippen LogP contribution is -2.13. The standard InChI is InChI=1S/C20H21N3O4S/c1-11(2)27-19(24)16-12(3)17(22-13(16)4)20(25)26-9-14-10-28-18(23-14)15-7-5-6-8-21-15/h5-8,10-11,22H,9H2,1-4H3. The molecule has 8 heteroatoms. The van der Waals surface area contributed by atoms with Crippen LogP contribution in [-0.4, -0.2) is 33.0 Å². The summed E-state index contributed by atoms with van der Waals surface area (Å²) >= 11 is 1.44. The highest BCUT2D eigenvalue weighted by Crippen LogP contribution is 2.23. The normalized spacial score (nSPS) is 10.9. The molecule has 7 nitrogen and oxygen atoms in total. The predicted octanol–water partition coefficient (Wildman–Crippen LogP) is 4.07. The number of nitrogens with one attached hydrogen (secondary N) is 1. The second kappa shape index (κ2) is 8.35. The van der Waals surface area contributed by atoms with Gasteiger partial charge in [-0.05, 0) is 45.4 Å². The van der Waals surface area contributed by atoms with E-state index < -0.39 is 11.9 Å². The van der Waals surface area contributed by atoms with Crippen molar-refractivity contribution in [3.63, 3.8) is 0 Å². The first kappa shape index (κ1) is 19.8. The SMILES string of the molecule is Cc1[nH]c(C(=O)OCc2csc(-c3ccccn3)n2)c(C)c1C(=O)OC(C)C. The van der Waals surface area contributed by atoms with Gasteiger partial charge in [0.2, 0.25) is 0 Å². The molecule has 0 spiro atoms. The number of aryl methyl sites for hydroxylation is 1. The van der Waals surface area contributed by atoms with Gasteiger partial charge in [-0.25, -0.2) is 14.6 Å². The van der Waals surface area contributed by atoms with Crippen LogP contribution in [0, 0.1) is 13.8 Å². The minimum Gasteiger partial charge on any atom is -0.459 e. The van der Waals surface area contributed by atoms with Gasteiger partial charge < -0.3 is 14.5 Å². The molecular formula is C20H21N3O4S. The van der Waals surface area contributed by atoms with Crippen molar-refractivity contribution in [3.05, 3.63) is 58.0 Å². The minimum absolute atomic E-state index is 0.0332. The monoisotopic (exact) mass is 399 g/mol. The lowest BCUT2D eigenvalue weighted by atomic mass is 10.1. The van der Waals surface area contributed by atoms with Gasteiger partial charge in [-0.2, -0.15) is 0 Å². The molecule has 0 unspecified atom stereocenters. The molecule has 146 valence electrons. The number of ether oxygens (including phenoxy) is 2. The van der Waals surface area contributed by atoms with Crippen molar-refractivity contribution in [2.45, 2.75) is 40.4 Å². The fourth-order valence-electron chi connectivity index (χ4n) is 2.73. The summed E-state index contributed by atoms with van der Waals surface area (Å²) in [5, 5.41) is 2.59. The summed E-state index contributed by atoms with van der Waals surface area (Å²) in [5.41, 5.74) is 3.11. The van der Waals surface area contributed by atoms with Gasteiger partial charge >= 0.3 is 11.9 Å². The lowest BCUT2D eigenvalue weighted by Gasteiger charge is -2.08. The number of pyridine rings is 1. The Balaban J connectivity index is 1.69. The maximum Gasteiger partial charge on any atom is 0.355 e. The van der Waals surface area contributed by atoms with Crippen molar-refractivity contribution in [3.8, 4) is 10.7 Å². The molecule has 0 atom stereocenters. The van der Waals surface area contributed by atoms with Gasteiger partial charge in [0.25, 0.3) is 0 Å². The Hall–Kier alpha value is -3.00. The van der Waals surface area contributed by atoms with Crippen molar-refractivity contribution in [1.82, 2.24) is 15.0 Å². The van der Waals surface area contributed by atoms with Crippen LogP contribution in [-0.2, 0) is 16.1 Å². The first-order valence-corrected chi connectivity index (χ1v) is 9.67. The van der Waals surface area contributed by atoms with Gasteiger partial charge in [0, 0.05) is 17.3 Å². The molecule has 3 heterocycles. The fraction of sp³-hybridized carbons (Fsp3) is 0.300. The van der Waals surface area contributed by atoms with Gasteiger partial charge in [-0.1, -0.05) is 6.07 Å². The van der Waals surface area contributed by atoms with Crippen LogP contribution in [0.15, 0.2) is 29.8 Å². The summed E-state index contributed by atoms with van der Waals surface area (Å²) in [6, 6.07) is 5.60. The summed E-state index contributed by atoms with van der Waals surface area (Å²) in [5.74, 6) is -1.00. The zero-order chi connectivity index (χ0) is 20.3. The molecule has 3 aromatic rings. The van der Waals surface area contributed by atoms with Crippen LogP contribution in [0.25, 0.3) is 10.7 Å². The van der Waals surface area contributed by atoms with E-state index in [1.54, 1.807) is 33.9 Å². The molecule has 0 aliphatic heterocycles. The molecule has 0 aliphatic carbocycles. The number of hydrogen-bond acceptors (Lipinski definition) is 7. The third kappa shape index (κ3) is 4.28. The topological polar surface area (TPSA) is 94.2 Å². The molecule has 0 saturated carbocycles. The molecule has 0 aliphatic rings. The molecular weight excluding hydrogens is 378 g/mol. The van der Waals surface area contributed by atoms with E-state index in [1.165, 1.54) is 11.3 Å². The number of rotatable bonds is 6. The van der Waals surface area contributed by atoms with Gasteiger partial charge in [-0.3, -0.25) is 4.98 Å². The highest BCUT2D eigenvalue weighted by atomic mass is 32.1. The minimum atomic E-state index is -0.545. The Labute approximate surface area is 166 Å². The maximum atomic E-state index is 12.5. The van der Waals surface area contributed by atoms with Crippen LogP contribution in [0.5, 0.6) is 0 Å². The van der Waals surface area contributed by atoms with Gasteiger partial charge in [0.1, 0.15) is 17.3 Å². The second-order valence-electron chi connectivity index (χ2n) is 6.51. The van der Waals surface area contributed by atoms with Crippen LogP contribution < -0.4 is 0 Å². The molecule has 0 saturated heterocycles. The zero-order valence-electron chi connectivity index (χ0n) is 16.1. The molecule has 3 aromatic heterocycles. The Bertz CT molecular complexity index is 992. The number of thiazole rings is 1. The Morgan fingerprint density at radius 2 is 2.00 bits per heavy atom. The summed E-state index contributed by atoms with van der Waals surface area (Å²) in [7, 11) is 0. The summed E-state index contributed by atoms with van der Waals surface area (Å²) in [6.45, 7) is 7.00. The van der Waals surface area contributed by atoms with Crippen LogP contribution >= 0.6 is 11.3 Å². The summed E-state index contributed by atoms with van der Waals surface area (Å²) in [6.07, 6.45) is 1.46. The van der Waals surface area contributed by atoms with Crippen molar-refractivity contribution < 1.29 is 19.1 Å². The number of carbonyl (C=O) groups excluding carboxylic acids is 2. The molecule has 3 rings (SSSR count). The number of carbonyl (C=O) groups is 2. The first-order valence-electron chi connectivity index (χ1n) is 8.80. The number of aromatic nitrogens is 3. The average molecular weight is 399 g/mol. The Morgan fingerprint density at radius 1 is 1.21 bits per heavy atom. The second-order valence-corrected chi connectivity index (χ2v) is 7.37. The molecule has 0 aromatic carbocycles. The van der Waals surface area contributed by atoms with Crippen LogP contribution in [0.3, 0.4) is 0 Å². The molecule has 0 fully saturated rings. The van der Waals surface area contributed by atoms with Crippen LogP contribution in [0.2, 0.25) is 0 Å². The van der Waals surface area contributed by atoms with E-state index in [9.17, 15) is 9.59 Å². The fourth-order valence-corrected chi connectivity index (χ4v) is 3.51. The zero-order valence-corrected chi connectivity index (χ0v) is 16.9. The van der Waals surface area contributed by atoms with E-state index in [-0.39, 0.29) is 18.4 Å². The van der Waals surface area contributed by atoms with Gasteiger partial charge in [-0.15, -0.1) is 11.3 Å². The van der Waals surface area contributed by atoms with E-state index in [4.69, 9.17) is 9.47 Å². The third-order valence-corrected chi connectivity index (χ3v) is 4.89. The number of hydrogen-bond donors (Lipinski definition) is 1. The smallest absolute Gasteiger partial charge is 0.355 e. The third-order valence-electron chi connectivity index (χ3n) is 3.98. The number of aromatic amines is 1. The molecule has 0 radical (unpaired) electrons. The molecule has 0 amide bonds. The number of nitrogens with zero attached hydrogens (tertiary/aromatic N) is 2. The van der Waals surface area contributed by atoms with E-state index in [0.717, 1.165) is 10.7 Å². The van der Waals surface area contributed by atoms with E-state index >= 15 is 0 Å². The quantitative estimate of drug-likeness (QED) is 0.628. The van der Waals surface area contributed by atoms with E-state index in [1.807, 2.05) is 23.6 Å². The van der Waals surface area contributed by atoms with Gasteiger partial charge in [0.05, 0.1) is 23.1 Å². The highest BCUT2D eigenvalue weighted by Gasteiger charge is 2.24. The van der Waals surface area contributed by atoms with Crippen molar-refractivity contribution in [2.75, 3.05) is 0 Å². The van der Waals surface area contributed by atoms with Crippen molar-refractivity contribution in [2.24, 2.45) is 0 Å². The van der Waals surface area contributed by atoms with Crippen molar-refractivity contribution >= 4 is 23.3 Å². The van der Waals surface area contributed by atoms with E-state index in [2.05, 4.69) is 15.0 Å². The first-order chi connectivity index (χ1) is 13.4.